The first kappa shape index (κ1) is 18.6. The molecule has 4 rings (SSSR count). The molecule has 1 aromatic carbocycles. The van der Waals surface area contributed by atoms with Gasteiger partial charge in [0, 0.05) is 23.8 Å². The van der Waals surface area contributed by atoms with Crippen LogP contribution in [0.25, 0.3) is 22.4 Å². The Kier molecular flexibility index (Phi) is 4.85. The largest absolute Gasteiger partial charge is 0.469 e. The molecule has 0 unspecified atom stereocenters. The lowest BCUT2D eigenvalue weighted by atomic mass is 10.0. The Morgan fingerprint density at radius 2 is 1.96 bits per heavy atom. The predicted molar refractivity (Wildman–Crippen MR) is 110 cm³/mol. The van der Waals surface area contributed by atoms with E-state index < -0.39 is 0 Å². The molecule has 28 heavy (non-hydrogen) atoms. The van der Waals surface area contributed by atoms with Crippen LogP contribution < -0.4 is 5.63 Å². The Balaban J connectivity index is 1.69. The van der Waals surface area contributed by atoms with Crippen molar-refractivity contribution in [1.29, 1.82) is 0 Å². The van der Waals surface area contributed by atoms with Gasteiger partial charge in [0.25, 0.3) is 0 Å². The van der Waals surface area contributed by atoms with Crippen molar-refractivity contribution >= 4 is 22.7 Å². The second kappa shape index (κ2) is 7.31. The van der Waals surface area contributed by atoms with E-state index in [1.165, 1.54) is 0 Å². The number of furan rings is 1. The standard InChI is InChI=1S/C21H21N3O3S/c1-5-24-20(16-8-9-26-14(16)4)22-23-21(24)28-11-15-10-18(25)27-19-13(3)12(2)6-7-17(15)19/h6-10H,5,11H2,1-4H3. The van der Waals surface area contributed by atoms with Gasteiger partial charge in [-0.2, -0.15) is 0 Å². The summed E-state index contributed by atoms with van der Waals surface area (Å²) in [6.45, 7) is 8.71. The van der Waals surface area contributed by atoms with Crippen LogP contribution in [-0.4, -0.2) is 14.8 Å². The summed E-state index contributed by atoms with van der Waals surface area (Å²) < 4.78 is 12.9. The molecule has 0 fully saturated rings. The smallest absolute Gasteiger partial charge is 0.336 e. The van der Waals surface area contributed by atoms with Crippen molar-refractivity contribution in [2.45, 2.75) is 45.1 Å². The lowest BCUT2D eigenvalue weighted by molar-refractivity contribution is 0.534. The number of fused-ring (bicyclic) bond motifs is 1. The molecule has 7 heteroatoms. The first-order valence-corrected chi connectivity index (χ1v) is 10.1. The van der Waals surface area contributed by atoms with Gasteiger partial charge >= 0.3 is 5.63 Å². The Bertz CT molecular complexity index is 1220. The highest BCUT2D eigenvalue weighted by molar-refractivity contribution is 7.98. The SMILES string of the molecule is CCn1c(SCc2cc(=O)oc3c(C)c(C)ccc23)nnc1-c1ccoc1C. The minimum atomic E-state index is -0.330. The fourth-order valence-electron chi connectivity index (χ4n) is 3.28. The van der Waals surface area contributed by atoms with E-state index in [0.717, 1.165) is 50.9 Å². The molecular weight excluding hydrogens is 374 g/mol. The van der Waals surface area contributed by atoms with Crippen molar-refractivity contribution in [2.24, 2.45) is 0 Å². The van der Waals surface area contributed by atoms with Crippen LogP contribution in [0.4, 0.5) is 0 Å². The second-order valence-electron chi connectivity index (χ2n) is 6.70. The van der Waals surface area contributed by atoms with Crippen LogP contribution in [0.2, 0.25) is 0 Å². The molecule has 0 saturated heterocycles. The summed E-state index contributed by atoms with van der Waals surface area (Å²) in [4.78, 5) is 12.1. The third-order valence-corrected chi connectivity index (χ3v) is 6.02. The Hall–Kier alpha value is -2.80. The average molecular weight is 395 g/mol. The summed E-state index contributed by atoms with van der Waals surface area (Å²) in [5.74, 6) is 2.21. The normalized spacial score (nSPS) is 11.4. The van der Waals surface area contributed by atoms with Gasteiger partial charge in [-0.25, -0.2) is 4.79 Å². The fraction of sp³-hybridized carbons (Fsp3) is 0.286. The Morgan fingerprint density at radius 1 is 1.14 bits per heavy atom. The number of aromatic nitrogens is 3. The molecule has 6 nitrogen and oxygen atoms in total. The van der Waals surface area contributed by atoms with Crippen LogP contribution in [0.15, 0.2) is 49.3 Å². The highest BCUT2D eigenvalue weighted by Crippen LogP contribution is 2.31. The molecule has 0 amide bonds. The molecule has 0 aliphatic carbocycles. The van der Waals surface area contributed by atoms with Gasteiger partial charge in [0.2, 0.25) is 0 Å². The third kappa shape index (κ3) is 3.16. The minimum Gasteiger partial charge on any atom is -0.469 e. The molecule has 0 N–H and O–H groups in total. The van der Waals surface area contributed by atoms with Crippen LogP contribution in [0.1, 0.15) is 29.4 Å². The molecule has 4 aromatic rings. The van der Waals surface area contributed by atoms with Gasteiger partial charge in [-0.3, -0.25) is 0 Å². The van der Waals surface area contributed by atoms with Crippen molar-refractivity contribution in [3.8, 4) is 11.4 Å². The van der Waals surface area contributed by atoms with E-state index in [0.29, 0.717) is 11.3 Å². The van der Waals surface area contributed by atoms with Gasteiger partial charge in [-0.05, 0) is 50.5 Å². The monoisotopic (exact) mass is 395 g/mol. The molecule has 0 atom stereocenters. The van der Waals surface area contributed by atoms with Crippen molar-refractivity contribution in [2.75, 3.05) is 0 Å². The number of benzene rings is 1. The molecule has 3 aromatic heterocycles. The summed E-state index contributed by atoms with van der Waals surface area (Å²) in [6, 6.07) is 7.54. The Labute approximate surface area is 166 Å². The number of rotatable bonds is 5. The fourth-order valence-corrected chi connectivity index (χ4v) is 4.28. The van der Waals surface area contributed by atoms with E-state index in [1.807, 2.05) is 32.9 Å². The van der Waals surface area contributed by atoms with Crippen LogP contribution in [-0.2, 0) is 12.3 Å². The van der Waals surface area contributed by atoms with E-state index >= 15 is 0 Å². The number of hydrogen-bond acceptors (Lipinski definition) is 6. The highest BCUT2D eigenvalue weighted by atomic mass is 32.2. The lowest BCUT2D eigenvalue weighted by Gasteiger charge is -2.09. The zero-order chi connectivity index (χ0) is 19.8. The maximum absolute atomic E-state index is 12.1. The van der Waals surface area contributed by atoms with Gasteiger partial charge in [0.05, 0.1) is 11.8 Å². The molecule has 0 saturated carbocycles. The van der Waals surface area contributed by atoms with Crippen LogP contribution >= 0.6 is 11.8 Å². The van der Waals surface area contributed by atoms with E-state index in [2.05, 4.69) is 27.8 Å². The Morgan fingerprint density at radius 3 is 2.68 bits per heavy atom. The van der Waals surface area contributed by atoms with Crippen LogP contribution in [0.3, 0.4) is 0 Å². The van der Waals surface area contributed by atoms with Gasteiger partial charge in [-0.1, -0.05) is 23.9 Å². The maximum atomic E-state index is 12.1. The zero-order valence-electron chi connectivity index (χ0n) is 16.3. The molecule has 144 valence electrons. The molecule has 0 aliphatic heterocycles. The number of hydrogen-bond donors (Lipinski definition) is 0. The number of nitrogens with zero attached hydrogens (tertiary/aromatic N) is 3. The van der Waals surface area contributed by atoms with Gasteiger partial charge < -0.3 is 13.4 Å². The zero-order valence-corrected chi connectivity index (χ0v) is 17.1. The van der Waals surface area contributed by atoms with Gasteiger partial charge in [0.1, 0.15) is 11.3 Å². The van der Waals surface area contributed by atoms with E-state index in [-0.39, 0.29) is 5.63 Å². The quantitative estimate of drug-likeness (QED) is 0.354. The average Bonchev–Trinajstić information content (AvgIpc) is 3.28. The van der Waals surface area contributed by atoms with Crippen LogP contribution in [0.5, 0.6) is 0 Å². The number of thioether (sulfide) groups is 1. The molecule has 0 aliphatic rings. The van der Waals surface area contributed by atoms with Crippen molar-refractivity contribution in [3.05, 3.63) is 63.4 Å². The summed E-state index contributed by atoms with van der Waals surface area (Å²) in [5, 5.41) is 10.5. The third-order valence-electron chi connectivity index (χ3n) is 5.01. The van der Waals surface area contributed by atoms with Crippen molar-refractivity contribution < 1.29 is 8.83 Å². The maximum Gasteiger partial charge on any atom is 0.336 e. The van der Waals surface area contributed by atoms with Gasteiger partial charge in [-0.15, -0.1) is 10.2 Å². The predicted octanol–water partition coefficient (Wildman–Crippen LogP) is 4.88. The van der Waals surface area contributed by atoms with Crippen LogP contribution in [0, 0.1) is 20.8 Å². The first-order valence-electron chi connectivity index (χ1n) is 9.13. The van der Waals surface area contributed by atoms with Crippen molar-refractivity contribution in [1.82, 2.24) is 14.8 Å². The molecule has 0 bridgehead atoms. The first-order chi connectivity index (χ1) is 13.5. The molecular formula is C21H21N3O3S. The highest BCUT2D eigenvalue weighted by Gasteiger charge is 2.17. The minimum absolute atomic E-state index is 0.330. The van der Waals surface area contributed by atoms with E-state index in [1.54, 1.807) is 24.1 Å². The topological polar surface area (TPSA) is 74.1 Å². The summed E-state index contributed by atoms with van der Waals surface area (Å²) in [6.07, 6.45) is 1.66. The van der Waals surface area contributed by atoms with Gasteiger partial charge in [0.15, 0.2) is 11.0 Å². The summed E-state index contributed by atoms with van der Waals surface area (Å²) >= 11 is 1.56. The second-order valence-corrected chi connectivity index (χ2v) is 7.65. The molecule has 0 radical (unpaired) electrons. The lowest BCUT2D eigenvalue weighted by Crippen LogP contribution is -2.03. The van der Waals surface area contributed by atoms with E-state index in [4.69, 9.17) is 8.83 Å². The molecule has 3 heterocycles. The van der Waals surface area contributed by atoms with Crippen molar-refractivity contribution in [3.63, 3.8) is 0 Å². The van der Waals surface area contributed by atoms with E-state index in [9.17, 15) is 4.79 Å². The number of aryl methyl sites for hydroxylation is 3. The summed E-state index contributed by atoms with van der Waals surface area (Å²) in [7, 11) is 0. The summed E-state index contributed by atoms with van der Waals surface area (Å²) in [5.41, 5.74) is 4.31. The molecule has 0 spiro atoms.